The van der Waals surface area contributed by atoms with Crippen LogP contribution in [0, 0.1) is 0 Å². The number of carbonyl (C=O) groups excluding carboxylic acids is 1. The zero-order valence-corrected chi connectivity index (χ0v) is 26.2. The van der Waals surface area contributed by atoms with Crippen molar-refractivity contribution in [3.63, 3.8) is 0 Å². The van der Waals surface area contributed by atoms with Gasteiger partial charge >= 0.3 is 0 Å². The molecule has 1 aliphatic heterocycles. The van der Waals surface area contributed by atoms with Gasteiger partial charge in [0.15, 0.2) is 17.3 Å². The van der Waals surface area contributed by atoms with Gasteiger partial charge in [-0.2, -0.15) is 0 Å². The van der Waals surface area contributed by atoms with Crippen LogP contribution in [0.4, 0.5) is 0 Å². The van der Waals surface area contributed by atoms with Crippen LogP contribution < -0.4 is 9.47 Å². The summed E-state index contributed by atoms with van der Waals surface area (Å²) in [6.07, 6.45) is 3.96. The van der Waals surface area contributed by atoms with E-state index in [2.05, 4.69) is 77.9 Å². The minimum absolute atomic E-state index is 0.0908. The second kappa shape index (κ2) is 14.9. The molecule has 0 unspecified atom stereocenters. The Morgan fingerprint density at radius 3 is 1.81 bits per heavy atom. The van der Waals surface area contributed by atoms with E-state index in [4.69, 9.17) is 9.47 Å². The molecule has 2 aliphatic rings. The predicted octanol–water partition coefficient (Wildman–Crippen LogP) is 9.92. The van der Waals surface area contributed by atoms with Crippen LogP contribution in [0.5, 0.6) is 11.5 Å². The molecule has 4 aromatic carbocycles. The number of carbonyl (C=O) groups is 1. The van der Waals surface area contributed by atoms with Crippen LogP contribution in [0.15, 0.2) is 91.0 Å². The lowest BCUT2D eigenvalue weighted by atomic mass is 9.97. The first-order valence-corrected chi connectivity index (χ1v) is 15.4. The molecule has 3 heteroatoms. The van der Waals surface area contributed by atoms with Crippen LogP contribution in [-0.4, -0.2) is 19.0 Å². The summed E-state index contributed by atoms with van der Waals surface area (Å²) < 4.78 is 10.9. The third kappa shape index (κ3) is 8.35. The lowest BCUT2D eigenvalue weighted by Crippen LogP contribution is -2.15. The number of aryl methyl sites for hydroxylation is 2. The number of hydrogen-bond donors (Lipinski definition) is 0. The number of benzene rings is 4. The van der Waals surface area contributed by atoms with Gasteiger partial charge in [0.1, 0.15) is 13.2 Å². The molecule has 3 nitrogen and oxygen atoms in total. The SMILES string of the molecule is CC(C)c1ccc2c(c1)CCC2.CC(C)c1ccc2c(c1)OCCO2.CC(C)c1cccc(C(=O)c2ccccc2)c1. The van der Waals surface area contributed by atoms with E-state index in [0.717, 1.165) is 22.6 Å². The Morgan fingerprint density at radius 2 is 1.12 bits per heavy atom. The van der Waals surface area contributed by atoms with Gasteiger partial charge in [-0.3, -0.25) is 4.79 Å². The van der Waals surface area contributed by atoms with Crippen LogP contribution in [0.25, 0.3) is 0 Å². The number of rotatable bonds is 5. The van der Waals surface area contributed by atoms with Gasteiger partial charge in [0.25, 0.3) is 0 Å². The van der Waals surface area contributed by atoms with E-state index < -0.39 is 0 Å². The molecule has 0 fully saturated rings. The minimum Gasteiger partial charge on any atom is -0.486 e. The van der Waals surface area contributed by atoms with Crippen LogP contribution in [0.1, 0.15) is 109 Å². The Labute approximate surface area is 252 Å². The van der Waals surface area contributed by atoms with E-state index in [1.54, 1.807) is 11.1 Å². The molecule has 0 spiro atoms. The van der Waals surface area contributed by atoms with Gasteiger partial charge in [0.05, 0.1) is 0 Å². The van der Waals surface area contributed by atoms with Crippen LogP contribution >= 0.6 is 0 Å². The molecule has 0 saturated carbocycles. The van der Waals surface area contributed by atoms with Crippen molar-refractivity contribution in [1.29, 1.82) is 0 Å². The Balaban J connectivity index is 0.000000147. The summed E-state index contributed by atoms with van der Waals surface area (Å²) in [4.78, 5) is 12.2. The molecular weight excluding hydrogens is 516 g/mol. The third-order valence-electron chi connectivity index (χ3n) is 7.87. The molecule has 0 amide bonds. The Bertz CT molecular complexity index is 1450. The normalized spacial score (nSPS) is 13.2. The topological polar surface area (TPSA) is 35.5 Å². The summed E-state index contributed by atoms with van der Waals surface area (Å²) in [5.41, 5.74) is 8.68. The Hall–Kier alpha value is -3.85. The van der Waals surface area contributed by atoms with E-state index in [1.807, 2.05) is 54.6 Å². The van der Waals surface area contributed by atoms with Gasteiger partial charge < -0.3 is 9.47 Å². The van der Waals surface area contributed by atoms with Crippen molar-refractivity contribution in [1.82, 2.24) is 0 Å². The monoisotopic (exact) mass is 562 g/mol. The highest BCUT2D eigenvalue weighted by Crippen LogP contribution is 2.33. The van der Waals surface area contributed by atoms with E-state index in [1.165, 1.54) is 36.0 Å². The summed E-state index contributed by atoms with van der Waals surface area (Å²) >= 11 is 0. The van der Waals surface area contributed by atoms with Crippen molar-refractivity contribution >= 4 is 5.78 Å². The molecule has 1 heterocycles. The fraction of sp³-hybridized carbons (Fsp3) is 0.359. The lowest BCUT2D eigenvalue weighted by Gasteiger charge is -2.19. The zero-order valence-electron chi connectivity index (χ0n) is 26.2. The number of ketones is 1. The third-order valence-corrected chi connectivity index (χ3v) is 7.87. The largest absolute Gasteiger partial charge is 0.486 e. The highest BCUT2D eigenvalue weighted by atomic mass is 16.6. The minimum atomic E-state index is 0.0908. The predicted molar refractivity (Wildman–Crippen MR) is 174 cm³/mol. The molecule has 0 aromatic heterocycles. The van der Waals surface area contributed by atoms with Gasteiger partial charge in [-0.15, -0.1) is 0 Å². The average Bonchev–Trinajstić information content (AvgIpc) is 3.50. The Morgan fingerprint density at radius 1 is 0.548 bits per heavy atom. The maximum atomic E-state index is 12.2. The standard InChI is InChI=1S/C16H16O.C12H16.C11H14O2/c1-12(2)14-9-6-10-15(11-14)16(17)13-7-4-3-5-8-13;1-9(2)11-7-6-10-4-3-5-12(10)8-11;1-8(2)9-3-4-10-11(7-9)13-6-5-12-10/h3-12H,1-2H3;6-9H,3-5H2,1-2H3;3-4,7-8H,5-6H2,1-2H3. The van der Waals surface area contributed by atoms with Gasteiger partial charge in [0.2, 0.25) is 0 Å². The smallest absolute Gasteiger partial charge is 0.193 e. The average molecular weight is 563 g/mol. The van der Waals surface area contributed by atoms with E-state index in [9.17, 15) is 4.79 Å². The van der Waals surface area contributed by atoms with Crippen molar-refractivity contribution in [2.24, 2.45) is 0 Å². The van der Waals surface area contributed by atoms with Gasteiger partial charge in [-0.05, 0) is 83.0 Å². The van der Waals surface area contributed by atoms with Crippen molar-refractivity contribution < 1.29 is 14.3 Å². The van der Waals surface area contributed by atoms with E-state index in [-0.39, 0.29) is 5.78 Å². The van der Waals surface area contributed by atoms with E-state index in [0.29, 0.717) is 31.0 Å². The number of hydrogen-bond acceptors (Lipinski definition) is 3. The van der Waals surface area contributed by atoms with Crippen LogP contribution in [0.2, 0.25) is 0 Å². The van der Waals surface area contributed by atoms with Crippen molar-refractivity contribution in [3.05, 3.63) is 130 Å². The highest BCUT2D eigenvalue weighted by Gasteiger charge is 2.13. The second-order valence-electron chi connectivity index (χ2n) is 12.1. The van der Waals surface area contributed by atoms with Crippen LogP contribution in [-0.2, 0) is 12.8 Å². The van der Waals surface area contributed by atoms with Gasteiger partial charge in [-0.25, -0.2) is 0 Å². The first-order chi connectivity index (χ1) is 20.2. The molecule has 0 atom stereocenters. The highest BCUT2D eigenvalue weighted by molar-refractivity contribution is 6.09. The summed E-state index contributed by atoms with van der Waals surface area (Å²) in [5, 5.41) is 0. The first kappa shape index (κ1) is 31.1. The molecule has 4 aromatic rings. The molecule has 220 valence electrons. The molecule has 42 heavy (non-hydrogen) atoms. The first-order valence-electron chi connectivity index (χ1n) is 15.4. The summed E-state index contributed by atoms with van der Waals surface area (Å²) in [7, 11) is 0. The summed E-state index contributed by atoms with van der Waals surface area (Å²) in [6, 6.07) is 30.4. The second-order valence-corrected chi connectivity index (χ2v) is 12.1. The fourth-order valence-corrected chi connectivity index (χ4v) is 5.17. The summed E-state index contributed by atoms with van der Waals surface area (Å²) in [5.74, 6) is 3.51. The molecule has 1 aliphatic carbocycles. The number of ether oxygens (including phenoxy) is 2. The zero-order chi connectivity index (χ0) is 30.1. The van der Waals surface area contributed by atoms with Crippen molar-refractivity contribution in [3.8, 4) is 11.5 Å². The molecule has 6 rings (SSSR count). The van der Waals surface area contributed by atoms with Crippen molar-refractivity contribution in [2.45, 2.75) is 78.6 Å². The quantitative estimate of drug-likeness (QED) is 0.227. The van der Waals surface area contributed by atoms with Gasteiger partial charge in [0, 0.05) is 11.1 Å². The van der Waals surface area contributed by atoms with E-state index >= 15 is 0 Å². The summed E-state index contributed by atoms with van der Waals surface area (Å²) in [6.45, 7) is 14.4. The lowest BCUT2D eigenvalue weighted by molar-refractivity contribution is 0.103. The molecule has 0 N–H and O–H groups in total. The maximum Gasteiger partial charge on any atom is 0.193 e. The molecule has 0 bridgehead atoms. The Kier molecular flexibility index (Phi) is 11.0. The van der Waals surface area contributed by atoms with Crippen molar-refractivity contribution in [2.75, 3.05) is 13.2 Å². The fourth-order valence-electron chi connectivity index (χ4n) is 5.17. The molecular formula is C39H46O3. The maximum absolute atomic E-state index is 12.2. The van der Waals surface area contributed by atoms with Crippen LogP contribution in [0.3, 0.4) is 0 Å². The molecule has 0 radical (unpaired) electrons. The molecule has 0 saturated heterocycles. The number of fused-ring (bicyclic) bond motifs is 2. The van der Waals surface area contributed by atoms with Gasteiger partial charge in [-0.1, -0.05) is 114 Å².